The fourth-order valence-corrected chi connectivity index (χ4v) is 9.36. The van der Waals surface area contributed by atoms with Crippen LogP contribution in [-0.4, -0.2) is 8.80 Å². The van der Waals surface area contributed by atoms with Crippen molar-refractivity contribution >= 4 is 24.6 Å². The quantitative estimate of drug-likeness (QED) is 0.482. The molecule has 1 aromatic heterocycles. The van der Waals surface area contributed by atoms with Crippen molar-refractivity contribution < 1.29 is 0 Å². The van der Waals surface area contributed by atoms with Gasteiger partial charge in [-0.3, -0.25) is 0 Å². The molecule has 0 spiro atoms. The Morgan fingerprint density at radius 2 is 2.00 bits per heavy atom. The predicted molar refractivity (Wildman–Crippen MR) is 86.9 cm³/mol. The molecule has 102 valence electrons. The molecule has 0 saturated heterocycles. The maximum Gasteiger partial charge on any atom is 0.0867 e. The van der Waals surface area contributed by atoms with Crippen molar-refractivity contribution in [3.63, 3.8) is 0 Å². The first-order chi connectivity index (χ1) is 8.92. The Labute approximate surface area is 118 Å². The van der Waals surface area contributed by atoms with Gasteiger partial charge in [-0.2, -0.15) is 11.3 Å². The molecule has 0 N–H and O–H groups in total. The molecule has 0 radical (unpaired) electrons. The monoisotopic (exact) mass is 280 g/mol. The van der Waals surface area contributed by atoms with Crippen molar-refractivity contribution in [2.24, 2.45) is 0 Å². The van der Waals surface area contributed by atoms with E-state index in [-0.39, 0.29) is 0 Å². The molecule has 1 unspecified atom stereocenters. The minimum absolute atomic E-state index is 0.649. The van der Waals surface area contributed by atoms with Crippen LogP contribution in [0, 0.1) is 0 Å². The summed E-state index contributed by atoms with van der Waals surface area (Å²) in [5.74, 6) is 0. The van der Waals surface area contributed by atoms with Gasteiger partial charge < -0.3 is 0 Å². The summed E-state index contributed by atoms with van der Waals surface area (Å²) in [4.78, 5) is 0. The molecule has 1 aliphatic rings. The van der Waals surface area contributed by atoms with Gasteiger partial charge in [-0.05, 0) is 15.4 Å². The number of unbranched alkanes of at least 4 members (excludes halogenated alkanes) is 3. The number of thiophene rings is 1. The normalized spacial score (nSPS) is 18.9. The topological polar surface area (TPSA) is 0 Å². The van der Waals surface area contributed by atoms with E-state index in [0.717, 1.165) is 5.54 Å². The van der Waals surface area contributed by atoms with Crippen molar-refractivity contribution in [2.75, 3.05) is 0 Å². The van der Waals surface area contributed by atoms with E-state index in [2.05, 4.69) is 35.8 Å². The minimum atomic E-state index is -0.649. The Bertz CT molecular complexity index is 301. The van der Waals surface area contributed by atoms with Gasteiger partial charge in [0.15, 0.2) is 0 Å². The Balaban J connectivity index is 1.90. The van der Waals surface area contributed by atoms with Crippen LogP contribution in [0.15, 0.2) is 17.5 Å². The average Bonchev–Trinajstić information content (AvgIpc) is 2.94. The van der Waals surface area contributed by atoms with Gasteiger partial charge in [0, 0.05) is 0 Å². The van der Waals surface area contributed by atoms with Crippen LogP contribution in [0.3, 0.4) is 0 Å². The Morgan fingerprint density at radius 1 is 1.17 bits per heavy atom. The zero-order valence-corrected chi connectivity index (χ0v) is 13.8. The maximum absolute atomic E-state index is 2.44. The van der Waals surface area contributed by atoms with Crippen molar-refractivity contribution in [2.45, 2.75) is 76.3 Å². The lowest BCUT2D eigenvalue weighted by Crippen LogP contribution is -2.33. The van der Waals surface area contributed by atoms with E-state index in [1.807, 2.05) is 0 Å². The zero-order valence-electron chi connectivity index (χ0n) is 11.9. The van der Waals surface area contributed by atoms with Crippen molar-refractivity contribution in [1.29, 1.82) is 0 Å². The number of rotatable bonds is 7. The van der Waals surface area contributed by atoms with E-state index < -0.39 is 8.80 Å². The van der Waals surface area contributed by atoms with E-state index in [4.69, 9.17) is 0 Å². The van der Waals surface area contributed by atoms with Crippen LogP contribution in [-0.2, 0) is 0 Å². The van der Waals surface area contributed by atoms with Gasteiger partial charge in [-0.15, -0.1) is 0 Å². The molecule has 0 aliphatic heterocycles. The zero-order chi connectivity index (χ0) is 12.6. The second-order valence-corrected chi connectivity index (χ2v) is 10.6. The predicted octanol–water partition coefficient (Wildman–Crippen LogP) is 5.10. The molecule has 0 nitrogen and oxygen atoms in total. The minimum Gasteiger partial charge on any atom is -0.154 e. The third-order valence-electron chi connectivity index (χ3n) is 4.50. The van der Waals surface area contributed by atoms with Crippen LogP contribution in [0.5, 0.6) is 0 Å². The fraction of sp³-hybridized carbons (Fsp3) is 0.750. The molecule has 2 rings (SSSR count). The molecule has 0 bridgehead atoms. The largest absolute Gasteiger partial charge is 0.154 e. The summed E-state index contributed by atoms with van der Waals surface area (Å²) in [7, 11) is -0.649. The van der Waals surface area contributed by atoms with Gasteiger partial charge in [0.1, 0.15) is 0 Å². The highest BCUT2D eigenvalue weighted by molar-refractivity contribution is 7.22. The lowest BCUT2D eigenvalue weighted by atomic mass is 10.0. The summed E-state index contributed by atoms with van der Waals surface area (Å²) in [5, 5.41) is 2.30. The Morgan fingerprint density at radius 3 is 2.67 bits per heavy atom. The van der Waals surface area contributed by atoms with Gasteiger partial charge in [0.05, 0.1) is 8.80 Å². The summed E-state index contributed by atoms with van der Waals surface area (Å²) in [5.41, 5.74) is 1.12. The third-order valence-corrected chi connectivity index (χ3v) is 10.3. The summed E-state index contributed by atoms with van der Waals surface area (Å²) >= 11 is 2.05. The first kappa shape index (κ1) is 14.3. The van der Waals surface area contributed by atoms with Gasteiger partial charge in [0.25, 0.3) is 0 Å². The molecular formula is C16H28SSi. The van der Waals surface area contributed by atoms with Crippen LogP contribution >= 0.6 is 11.3 Å². The summed E-state index contributed by atoms with van der Waals surface area (Å²) in [6, 6.07) is 6.29. The van der Waals surface area contributed by atoms with Gasteiger partial charge in [-0.25, -0.2) is 0 Å². The van der Waals surface area contributed by atoms with Crippen LogP contribution < -0.4 is 4.50 Å². The fourth-order valence-electron chi connectivity index (χ4n) is 3.44. The highest BCUT2D eigenvalue weighted by atomic mass is 32.1. The molecule has 1 atom stereocenters. The van der Waals surface area contributed by atoms with Gasteiger partial charge in [-0.1, -0.05) is 82.9 Å². The average molecular weight is 281 g/mol. The van der Waals surface area contributed by atoms with E-state index in [0.29, 0.717) is 0 Å². The van der Waals surface area contributed by atoms with Gasteiger partial charge in [0.2, 0.25) is 0 Å². The molecule has 0 amide bonds. The third kappa shape index (κ3) is 4.24. The highest BCUT2D eigenvalue weighted by Gasteiger charge is 2.26. The van der Waals surface area contributed by atoms with E-state index >= 15 is 0 Å². The van der Waals surface area contributed by atoms with Crippen molar-refractivity contribution in [1.82, 2.24) is 0 Å². The molecular weight excluding hydrogens is 252 g/mol. The second kappa shape index (κ2) is 8.16. The molecule has 1 saturated carbocycles. The first-order valence-corrected chi connectivity index (χ1v) is 10.9. The summed E-state index contributed by atoms with van der Waals surface area (Å²) in [6.07, 6.45) is 13.4. The highest BCUT2D eigenvalue weighted by Crippen LogP contribution is 2.33. The molecule has 1 heterocycles. The van der Waals surface area contributed by atoms with Crippen molar-refractivity contribution in [3.05, 3.63) is 17.5 Å². The maximum atomic E-state index is 2.44. The Hall–Kier alpha value is -0.0831. The van der Waals surface area contributed by atoms with E-state index in [1.54, 1.807) is 23.4 Å². The SMILES string of the molecule is CCCCCC[SiH](c1cccs1)C1CCCCC1. The van der Waals surface area contributed by atoms with E-state index in [9.17, 15) is 0 Å². The number of hydrogen-bond donors (Lipinski definition) is 0. The van der Waals surface area contributed by atoms with Crippen LogP contribution in [0.25, 0.3) is 0 Å². The molecule has 1 aromatic rings. The smallest absolute Gasteiger partial charge is 0.0867 e. The summed E-state index contributed by atoms with van der Waals surface area (Å²) in [6.45, 7) is 2.31. The number of hydrogen-bond acceptors (Lipinski definition) is 1. The van der Waals surface area contributed by atoms with Crippen LogP contribution in [0.2, 0.25) is 11.6 Å². The molecule has 0 aromatic carbocycles. The molecule has 2 heteroatoms. The lowest BCUT2D eigenvalue weighted by molar-refractivity contribution is 0.496. The lowest BCUT2D eigenvalue weighted by Gasteiger charge is -2.28. The van der Waals surface area contributed by atoms with Gasteiger partial charge >= 0.3 is 0 Å². The standard InChI is InChI=1S/C16H28SSi/c1-2-3-4-8-14-18(16-12-9-13-17-16)15-10-6-5-7-11-15/h9,12-13,15,18H,2-8,10-11,14H2,1H3. The second-order valence-electron chi connectivity index (χ2n) is 5.87. The molecule has 1 fully saturated rings. The van der Waals surface area contributed by atoms with Crippen LogP contribution in [0.4, 0.5) is 0 Å². The molecule has 18 heavy (non-hydrogen) atoms. The van der Waals surface area contributed by atoms with E-state index in [1.165, 1.54) is 44.9 Å². The van der Waals surface area contributed by atoms with Crippen LogP contribution in [0.1, 0.15) is 64.7 Å². The molecule has 1 aliphatic carbocycles. The Kier molecular flexibility index (Phi) is 6.50. The summed E-state index contributed by atoms with van der Waals surface area (Å²) < 4.78 is 1.80. The first-order valence-electron chi connectivity index (χ1n) is 7.95. The van der Waals surface area contributed by atoms with Crippen molar-refractivity contribution in [3.8, 4) is 0 Å².